The van der Waals surface area contributed by atoms with Crippen LogP contribution in [0, 0.1) is 0 Å². The first-order valence-electron chi connectivity index (χ1n) is 9.77. The number of ether oxygens (including phenoxy) is 3. The van der Waals surface area contributed by atoms with Gasteiger partial charge in [-0.25, -0.2) is 4.99 Å². The van der Waals surface area contributed by atoms with Crippen LogP contribution < -0.4 is 30.2 Å². The van der Waals surface area contributed by atoms with Gasteiger partial charge in [0.2, 0.25) is 5.75 Å². The molecule has 2 aromatic carbocycles. The van der Waals surface area contributed by atoms with Gasteiger partial charge in [0.05, 0.1) is 27.9 Å². The maximum atomic E-state index is 12.1. The monoisotopic (exact) mass is 414 g/mol. The summed E-state index contributed by atoms with van der Waals surface area (Å²) >= 11 is 0. The van der Waals surface area contributed by atoms with Gasteiger partial charge in [0.1, 0.15) is 0 Å². The highest BCUT2D eigenvalue weighted by molar-refractivity contribution is 5.94. The van der Waals surface area contributed by atoms with Crippen molar-refractivity contribution < 1.29 is 19.0 Å². The number of nitrogens with zero attached hydrogens (tertiary/aromatic N) is 1. The van der Waals surface area contributed by atoms with E-state index in [4.69, 9.17) is 14.2 Å². The molecule has 2 rings (SSSR count). The largest absolute Gasteiger partial charge is 0.493 e. The lowest BCUT2D eigenvalue weighted by molar-refractivity contribution is 0.0954. The fourth-order valence-corrected chi connectivity index (χ4v) is 2.79. The number of amides is 1. The first-order chi connectivity index (χ1) is 14.6. The molecule has 0 aliphatic rings. The van der Waals surface area contributed by atoms with Crippen LogP contribution in [-0.2, 0) is 6.54 Å². The number of methoxy groups -OCH3 is 3. The van der Waals surface area contributed by atoms with Crippen LogP contribution in [0.4, 0.5) is 0 Å². The van der Waals surface area contributed by atoms with E-state index < -0.39 is 0 Å². The van der Waals surface area contributed by atoms with E-state index in [1.807, 2.05) is 37.3 Å². The van der Waals surface area contributed by atoms with E-state index in [9.17, 15) is 4.79 Å². The smallest absolute Gasteiger partial charge is 0.251 e. The summed E-state index contributed by atoms with van der Waals surface area (Å²) in [4.78, 5) is 16.7. The van der Waals surface area contributed by atoms with Crippen molar-refractivity contribution in [3.8, 4) is 17.2 Å². The van der Waals surface area contributed by atoms with Crippen molar-refractivity contribution in [2.45, 2.75) is 13.5 Å². The van der Waals surface area contributed by atoms with Crippen LogP contribution in [0.3, 0.4) is 0 Å². The first-order valence-corrected chi connectivity index (χ1v) is 9.77. The highest BCUT2D eigenvalue weighted by Crippen LogP contribution is 2.38. The van der Waals surface area contributed by atoms with Crippen LogP contribution in [0.2, 0.25) is 0 Å². The molecule has 0 heterocycles. The Morgan fingerprint density at radius 1 is 0.900 bits per heavy atom. The third-order valence-electron chi connectivity index (χ3n) is 4.23. The number of benzene rings is 2. The average molecular weight is 415 g/mol. The molecule has 30 heavy (non-hydrogen) atoms. The normalized spacial score (nSPS) is 10.9. The van der Waals surface area contributed by atoms with Gasteiger partial charge in [-0.3, -0.25) is 4.79 Å². The van der Waals surface area contributed by atoms with Crippen molar-refractivity contribution in [1.82, 2.24) is 16.0 Å². The van der Waals surface area contributed by atoms with Gasteiger partial charge in [-0.05, 0) is 36.8 Å². The molecule has 2 aromatic rings. The third-order valence-corrected chi connectivity index (χ3v) is 4.23. The first kappa shape index (κ1) is 22.9. The minimum Gasteiger partial charge on any atom is -0.493 e. The summed E-state index contributed by atoms with van der Waals surface area (Å²) in [5.41, 5.74) is 1.56. The SMILES string of the molecule is CCNC(=NCc1cc(OC)c(OC)c(OC)c1)NCCNC(=O)c1ccccc1. The van der Waals surface area contributed by atoms with E-state index in [0.717, 1.165) is 12.1 Å². The quantitative estimate of drug-likeness (QED) is 0.314. The summed E-state index contributed by atoms with van der Waals surface area (Å²) in [5.74, 6) is 2.27. The minimum absolute atomic E-state index is 0.100. The highest BCUT2D eigenvalue weighted by Gasteiger charge is 2.13. The summed E-state index contributed by atoms with van der Waals surface area (Å²) in [7, 11) is 4.74. The zero-order valence-corrected chi connectivity index (χ0v) is 18.0. The Bertz CT molecular complexity index is 815. The van der Waals surface area contributed by atoms with Crippen LogP contribution in [0.5, 0.6) is 17.2 Å². The molecule has 0 aliphatic carbocycles. The molecular formula is C22H30N4O4. The highest BCUT2D eigenvalue weighted by atomic mass is 16.5. The molecule has 0 radical (unpaired) electrons. The Labute approximate surface area is 177 Å². The van der Waals surface area contributed by atoms with E-state index in [0.29, 0.717) is 48.4 Å². The zero-order chi connectivity index (χ0) is 21.8. The molecule has 0 fully saturated rings. The van der Waals surface area contributed by atoms with Gasteiger partial charge >= 0.3 is 0 Å². The van der Waals surface area contributed by atoms with Crippen molar-refractivity contribution in [2.75, 3.05) is 41.0 Å². The standard InChI is InChI=1S/C22H30N4O4/c1-5-23-22(25-12-11-24-21(27)17-9-7-6-8-10-17)26-15-16-13-18(28-2)20(30-4)19(14-16)29-3/h6-10,13-14H,5,11-12,15H2,1-4H3,(H,24,27)(H2,23,25,26). The van der Waals surface area contributed by atoms with Crippen molar-refractivity contribution >= 4 is 11.9 Å². The van der Waals surface area contributed by atoms with Gasteiger partial charge in [-0.1, -0.05) is 18.2 Å². The molecule has 8 nitrogen and oxygen atoms in total. The topological polar surface area (TPSA) is 93.2 Å². The molecule has 0 saturated heterocycles. The van der Waals surface area contributed by atoms with Crippen LogP contribution in [-0.4, -0.2) is 52.8 Å². The Morgan fingerprint density at radius 3 is 2.10 bits per heavy atom. The molecule has 8 heteroatoms. The number of carbonyl (C=O) groups is 1. The summed E-state index contributed by atoms with van der Waals surface area (Å²) in [6.07, 6.45) is 0. The Morgan fingerprint density at radius 2 is 1.53 bits per heavy atom. The molecule has 0 bridgehead atoms. The second kappa shape index (κ2) is 12.2. The number of rotatable bonds is 10. The summed E-state index contributed by atoms with van der Waals surface area (Å²) in [5, 5.41) is 9.29. The zero-order valence-electron chi connectivity index (χ0n) is 18.0. The van der Waals surface area contributed by atoms with Gasteiger partial charge in [0, 0.05) is 25.2 Å². The molecule has 0 spiro atoms. The maximum Gasteiger partial charge on any atom is 0.251 e. The number of nitrogens with one attached hydrogen (secondary N) is 3. The summed E-state index contributed by atoms with van der Waals surface area (Å²) in [6, 6.07) is 12.9. The fraction of sp³-hybridized carbons (Fsp3) is 0.364. The molecule has 0 aromatic heterocycles. The van der Waals surface area contributed by atoms with E-state index >= 15 is 0 Å². The van der Waals surface area contributed by atoms with Gasteiger partial charge in [-0.15, -0.1) is 0 Å². The minimum atomic E-state index is -0.100. The van der Waals surface area contributed by atoms with E-state index in [-0.39, 0.29) is 5.91 Å². The number of aliphatic imine (C=N–C) groups is 1. The molecule has 0 aliphatic heterocycles. The molecule has 0 saturated carbocycles. The van der Waals surface area contributed by atoms with Gasteiger partial charge in [0.15, 0.2) is 17.5 Å². The predicted octanol–water partition coefficient (Wildman–Crippen LogP) is 2.20. The number of guanidine groups is 1. The summed E-state index contributed by atoms with van der Waals surface area (Å²) in [6.45, 7) is 4.15. The van der Waals surface area contributed by atoms with Gasteiger partial charge < -0.3 is 30.2 Å². The molecule has 0 atom stereocenters. The molecule has 3 N–H and O–H groups in total. The van der Waals surface area contributed by atoms with Crippen molar-refractivity contribution in [3.63, 3.8) is 0 Å². The summed E-state index contributed by atoms with van der Waals surface area (Å²) < 4.78 is 16.1. The lowest BCUT2D eigenvalue weighted by atomic mass is 10.2. The van der Waals surface area contributed by atoms with Crippen LogP contribution >= 0.6 is 0 Å². The maximum absolute atomic E-state index is 12.1. The number of carbonyl (C=O) groups excluding carboxylic acids is 1. The van der Waals surface area contributed by atoms with E-state index in [2.05, 4.69) is 20.9 Å². The average Bonchev–Trinajstić information content (AvgIpc) is 2.79. The lowest BCUT2D eigenvalue weighted by Gasteiger charge is -2.14. The van der Waals surface area contributed by atoms with Crippen molar-refractivity contribution in [1.29, 1.82) is 0 Å². The van der Waals surface area contributed by atoms with Crippen molar-refractivity contribution in [2.24, 2.45) is 4.99 Å². The molecule has 0 unspecified atom stereocenters. The second-order valence-electron chi connectivity index (χ2n) is 6.28. The Balaban J connectivity index is 1.95. The molecule has 162 valence electrons. The van der Waals surface area contributed by atoms with Gasteiger partial charge in [-0.2, -0.15) is 0 Å². The number of hydrogen-bond donors (Lipinski definition) is 3. The lowest BCUT2D eigenvalue weighted by Crippen LogP contribution is -2.41. The fourth-order valence-electron chi connectivity index (χ4n) is 2.79. The van der Waals surface area contributed by atoms with Crippen molar-refractivity contribution in [3.05, 3.63) is 53.6 Å². The van der Waals surface area contributed by atoms with E-state index in [1.54, 1.807) is 33.5 Å². The Kier molecular flexibility index (Phi) is 9.30. The molecular weight excluding hydrogens is 384 g/mol. The van der Waals surface area contributed by atoms with Crippen LogP contribution in [0.1, 0.15) is 22.8 Å². The number of hydrogen-bond acceptors (Lipinski definition) is 5. The van der Waals surface area contributed by atoms with Gasteiger partial charge in [0.25, 0.3) is 5.91 Å². The molecule has 1 amide bonds. The third kappa shape index (κ3) is 6.58. The van der Waals surface area contributed by atoms with Crippen LogP contribution in [0.25, 0.3) is 0 Å². The predicted molar refractivity (Wildman–Crippen MR) is 118 cm³/mol. The Hall–Kier alpha value is -3.42. The second-order valence-corrected chi connectivity index (χ2v) is 6.28. The van der Waals surface area contributed by atoms with E-state index in [1.165, 1.54) is 0 Å². The van der Waals surface area contributed by atoms with Crippen LogP contribution in [0.15, 0.2) is 47.5 Å².